The highest BCUT2D eigenvalue weighted by atomic mass is 16.4. The maximum Gasteiger partial charge on any atom is 0.354 e. The minimum Gasteiger partial charge on any atom is -0.477 e. The van der Waals surface area contributed by atoms with Crippen molar-refractivity contribution < 1.29 is 9.90 Å². The third-order valence-electron chi connectivity index (χ3n) is 2.96. The molecule has 0 saturated carbocycles. The van der Waals surface area contributed by atoms with Crippen molar-refractivity contribution in [3.63, 3.8) is 0 Å². The minimum absolute atomic E-state index is 0.0556. The molecule has 1 aromatic rings. The summed E-state index contributed by atoms with van der Waals surface area (Å²) in [6.45, 7) is 9.72. The molecule has 0 fully saturated rings. The van der Waals surface area contributed by atoms with Gasteiger partial charge in [0.2, 0.25) is 5.95 Å². The molecular weight excluding hydrogens is 230 g/mol. The molecular formula is C13H21N3O2. The van der Waals surface area contributed by atoms with Gasteiger partial charge in [-0.3, -0.25) is 0 Å². The average Bonchev–Trinajstić information content (AvgIpc) is 2.34. The lowest BCUT2D eigenvalue weighted by molar-refractivity contribution is 0.0690. The van der Waals surface area contributed by atoms with Gasteiger partial charge in [0.1, 0.15) is 0 Å². The first-order valence-electron chi connectivity index (χ1n) is 6.31. The SMILES string of the molecule is CCC(C)CN(CC)c1nc(C)cc(C(=O)O)n1. The van der Waals surface area contributed by atoms with Gasteiger partial charge in [-0.1, -0.05) is 20.3 Å². The van der Waals surface area contributed by atoms with Crippen molar-refractivity contribution in [1.29, 1.82) is 0 Å². The Bertz CT molecular complexity index is 421. The summed E-state index contributed by atoms with van der Waals surface area (Å²) in [6.07, 6.45) is 1.08. The summed E-state index contributed by atoms with van der Waals surface area (Å²) >= 11 is 0. The number of hydrogen-bond acceptors (Lipinski definition) is 4. The fourth-order valence-electron chi connectivity index (χ4n) is 1.66. The van der Waals surface area contributed by atoms with Gasteiger partial charge in [-0.2, -0.15) is 0 Å². The smallest absolute Gasteiger partial charge is 0.354 e. The van der Waals surface area contributed by atoms with E-state index in [0.29, 0.717) is 17.6 Å². The molecule has 1 rings (SSSR count). The first kappa shape index (κ1) is 14.4. The number of carboxylic acid groups (broad SMARTS) is 1. The normalized spacial score (nSPS) is 12.2. The number of rotatable bonds is 6. The number of carbonyl (C=O) groups is 1. The predicted molar refractivity (Wildman–Crippen MR) is 71.1 cm³/mol. The van der Waals surface area contributed by atoms with Gasteiger partial charge in [0.15, 0.2) is 5.69 Å². The highest BCUT2D eigenvalue weighted by molar-refractivity contribution is 5.85. The number of aryl methyl sites for hydroxylation is 1. The topological polar surface area (TPSA) is 66.3 Å². The number of carboxylic acids is 1. The molecule has 0 radical (unpaired) electrons. The lowest BCUT2D eigenvalue weighted by Crippen LogP contribution is -2.30. The quantitative estimate of drug-likeness (QED) is 0.840. The number of hydrogen-bond donors (Lipinski definition) is 1. The van der Waals surface area contributed by atoms with Gasteiger partial charge >= 0.3 is 5.97 Å². The van der Waals surface area contributed by atoms with Crippen LogP contribution >= 0.6 is 0 Å². The van der Waals surface area contributed by atoms with Crippen LogP contribution in [-0.2, 0) is 0 Å². The summed E-state index contributed by atoms with van der Waals surface area (Å²) in [5.41, 5.74) is 0.736. The average molecular weight is 251 g/mol. The van der Waals surface area contributed by atoms with Crippen LogP contribution in [0.3, 0.4) is 0 Å². The summed E-state index contributed by atoms with van der Waals surface area (Å²) in [7, 11) is 0. The number of nitrogens with zero attached hydrogens (tertiary/aromatic N) is 3. The lowest BCUT2D eigenvalue weighted by Gasteiger charge is -2.24. The molecule has 0 aliphatic heterocycles. The van der Waals surface area contributed by atoms with E-state index in [2.05, 4.69) is 23.8 Å². The van der Waals surface area contributed by atoms with E-state index in [9.17, 15) is 4.79 Å². The van der Waals surface area contributed by atoms with Crippen molar-refractivity contribution in [3.8, 4) is 0 Å². The Morgan fingerprint density at radius 1 is 1.44 bits per heavy atom. The van der Waals surface area contributed by atoms with E-state index in [-0.39, 0.29) is 5.69 Å². The van der Waals surface area contributed by atoms with Crippen LogP contribution < -0.4 is 4.90 Å². The number of anilines is 1. The van der Waals surface area contributed by atoms with Gasteiger partial charge in [0.25, 0.3) is 0 Å². The van der Waals surface area contributed by atoms with E-state index >= 15 is 0 Å². The van der Waals surface area contributed by atoms with Crippen LogP contribution in [0, 0.1) is 12.8 Å². The molecule has 0 amide bonds. The molecule has 0 aromatic carbocycles. The van der Waals surface area contributed by atoms with Gasteiger partial charge in [-0.05, 0) is 25.8 Å². The standard InChI is InChI=1S/C13H21N3O2/c1-5-9(3)8-16(6-2)13-14-10(4)7-11(15-13)12(17)18/h7,9H,5-6,8H2,1-4H3,(H,17,18). The highest BCUT2D eigenvalue weighted by Gasteiger charge is 2.14. The van der Waals surface area contributed by atoms with Crippen LogP contribution in [0.25, 0.3) is 0 Å². The molecule has 0 aliphatic carbocycles. The van der Waals surface area contributed by atoms with Crippen molar-refractivity contribution in [3.05, 3.63) is 17.5 Å². The molecule has 1 N–H and O–H groups in total. The molecule has 1 aromatic heterocycles. The van der Waals surface area contributed by atoms with Gasteiger partial charge in [0, 0.05) is 18.8 Å². The fraction of sp³-hybridized carbons (Fsp3) is 0.615. The molecule has 1 heterocycles. The molecule has 100 valence electrons. The minimum atomic E-state index is -1.01. The summed E-state index contributed by atoms with van der Waals surface area (Å²) in [5.74, 6) is 0.0267. The zero-order valence-electron chi connectivity index (χ0n) is 11.5. The Labute approximate surface area is 108 Å². The first-order chi connectivity index (χ1) is 8.47. The van der Waals surface area contributed by atoms with Crippen molar-refractivity contribution in [2.45, 2.75) is 34.1 Å². The van der Waals surface area contributed by atoms with E-state index in [1.54, 1.807) is 6.92 Å². The number of aromatic carboxylic acids is 1. The van der Waals surface area contributed by atoms with Gasteiger partial charge in [-0.25, -0.2) is 14.8 Å². The summed E-state index contributed by atoms with van der Waals surface area (Å²) < 4.78 is 0. The van der Waals surface area contributed by atoms with Gasteiger partial charge in [-0.15, -0.1) is 0 Å². The maximum absolute atomic E-state index is 11.0. The molecule has 18 heavy (non-hydrogen) atoms. The van der Waals surface area contributed by atoms with Crippen LogP contribution in [0.1, 0.15) is 43.4 Å². The monoisotopic (exact) mass is 251 g/mol. The molecule has 5 heteroatoms. The Hall–Kier alpha value is -1.65. The largest absolute Gasteiger partial charge is 0.477 e. The maximum atomic E-state index is 11.0. The van der Waals surface area contributed by atoms with E-state index in [0.717, 1.165) is 19.5 Å². The van der Waals surface area contributed by atoms with Crippen molar-refractivity contribution in [2.24, 2.45) is 5.92 Å². The molecule has 1 unspecified atom stereocenters. The molecule has 0 bridgehead atoms. The lowest BCUT2D eigenvalue weighted by atomic mass is 10.1. The Morgan fingerprint density at radius 2 is 2.11 bits per heavy atom. The molecule has 0 spiro atoms. The highest BCUT2D eigenvalue weighted by Crippen LogP contribution is 2.13. The zero-order chi connectivity index (χ0) is 13.7. The third-order valence-corrected chi connectivity index (χ3v) is 2.96. The van der Waals surface area contributed by atoms with E-state index < -0.39 is 5.97 Å². The molecule has 1 atom stereocenters. The molecule has 5 nitrogen and oxygen atoms in total. The fourth-order valence-corrected chi connectivity index (χ4v) is 1.66. The summed E-state index contributed by atoms with van der Waals surface area (Å²) in [4.78, 5) is 21.4. The van der Waals surface area contributed by atoms with Crippen molar-refractivity contribution in [1.82, 2.24) is 9.97 Å². The zero-order valence-corrected chi connectivity index (χ0v) is 11.5. The second-order valence-electron chi connectivity index (χ2n) is 4.55. The van der Waals surface area contributed by atoms with E-state index in [4.69, 9.17) is 5.11 Å². The van der Waals surface area contributed by atoms with Crippen LogP contribution in [0.5, 0.6) is 0 Å². The Balaban J connectivity index is 3.01. The number of aromatic nitrogens is 2. The first-order valence-corrected chi connectivity index (χ1v) is 6.31. The van der Waals surface area contributed by atoms with Crippen LogP contribution in [0.15, 0.2) is 6.07 Å². The van der Waals surface area contributed by atoms with Crippen molar-refractivity contribution >= 4 is 11.9 Å². The predicted octanol–water partition coefficient (Wildman–Crippen LogP) is 2.36. The summed E-state index contributed by atoms with van der Waals surface area (Å²) in [6, 6.07) is 1.49. The van der Waals surface area contributed by atoms with E-state index in [1.165, 1.54) is 6.07 Å². The van der Waals surface area contributed by atoms with Crippen LogP contribution in [-0.4, -0.2) is 34.1 Å². The van der Waals surface area contributed by atoms with E-state index in [1.807, 2.05) is 11.8 Å². The Morgan fingerprint density at radius 3 is 2.61 bits per heavy atom. The van der Waals surface area contributed by atoms with Gasteiger partial charge in [0.05, 0.1) is 0 Å². The second-order valence-corrected chi connectivity index (χ2v) is 4.55. The third kappa shape index (κ3) is 3.68. The second kappa shape index (κ2) is 6.33. The Kier molecular flexibility index (Phi) is 5.07. The molecule has 0 aliphatic rings. The van der Waals surface area contributed by atoms with Gasteiger partial charge < -0.3 is 10.0 Å². The van der Waals surface area contributed by atoms with Crippen LogP contribution in [0.4, 0.5) is 5.95 Å². The van der Waals surface area contributed by atoms with Crippen LogP contribution in [0.2, 0.25) is 0 Å². The van der Waals surface area contributed by atoms with Crippen molar-refractivity contribution in [2.75, 3.05) is 18.0 Å². The summed E-state index contributed by atoms with van der Waals surface area (Å²) in [5, 5.41) is 9.01. The molecule has 0 saturated heterocycles.